The molecule has 2 N–H and O–H groups in total. The molecular weight excluding hydrogens is 290 g/mol. The zero-order chi connectivity index (χ0) is 13.7. The average Bonchev–Trinajstić information content (AvgIpc) is 2.54. The molecule has 0 aliphatic heterocycles. The van der Waals surface area contributed by atoms with Crippen molar-refractivity contribution < 1.29 is 0 Å². The van der Waals surface area contributed by atoms with E-state index in [1.54, 1.807) is 0 Å². The molecule has 0 spiro atoms. The summed E-state index contributed by atoms with van der Waals surface area (Å²) in [4.78, 5) is 4.76. The third-order valence-corrected chi connectivity index (χ3v) is 4.51. The van der Waals surface area contributed by atoms with E-state index in [1.807, 2.05) is 33.0 Å². The van der Waals surface area contributed by atoms with Gasteiger partial charge >= 0.3 is 0 Å². The molecule has 3 nitrogen and oxygen atoms in total. The van der Waals surface area contributed by atoms with Crippen LogP contribution >= 0.6 is 15.9 Å². The van der Waals surface area contributed by atoms with Crippen molar-refractivity contribution in [3.8, 4) is 0 Å². The molecule has 0 aliphatic rings. The Bertz CT molecular complexity index is 591. The summed E-state index contributed by atoms with van der Waals surface area (Å²) in [5.74, 6) is 1.02. The number of nitrogens with two attached hydrogens (primary N) is 1. The number of halogens is 1. The maximum Gasteiger partial charge on any atom is 0.117 e. The zero-order valence-corrected chi connectivity index (χ0v) is 13.2. The van der Waals surface area contributed by atoms with Crippen LogP contribution in [0.2, 0.25) is 0 Å². The van der Waals surface area contributed by atoms with Crippen LogP contribution in [0.3, 0.4) is 0 Å². The van der Waals surface area contributed by atoms with Crippen molar-refractivity contribution >= 4 is 27.0 Å². The summed E-state index contributed by atoms with van der Waals surface area (Å²) in [5, 5.41) is 0. The van der Waals surface area contributed by atoms with Gasteiger partial charge in [-0.1, -0.05) is 29.8 Å². The zero-order valence-electron chi connectivity index (χ0n) is 11.6. The first-order valence-corrected chi connectivity index (χ1v) is 6.85. The minimum Gasteiger partial charge on any atom is -0.331 e. The summed E-state index contributed by atoms with van der Waals surface area (Å²) in [6, 6.07) is 6.16. The predicted octanol–water partition coefficient (Wildman–Crippen LogP) is 3.35. The fourth-order valence-corrected chi connectivity index (χ4v) is 2.37. The molecule has 0 atom stereocenters. The Morgan fingerprint density at radius 1 is 1.22 bits per heavy atom. The van der Waals surface area contributed by atoms with Crippen molar-refractivity contribution in [3.63, 3.8) is 0 Å². The van der Waals surface area contributed by atoms with Gasteiger partial charge in [-0.25, -0.2) is 4.98 Å². The van der Waals surface area contributed by atoms with E-state index in [2.05, 4.69) is 40.4 Å². The van der Waals surface area contributed by atoms with Gasteiger partial charge < -0.3 is 10.3 Å². The Labute approximate surface area is 117 Å². The minimum atomic E-state index is -0.334. The van der Waals surface area contributed by atoms with E-state index >= 15 is 0 Å². The number of fused-ring (bicyclic) bond motifs is 1. The molecular formula is C14H20BrN3. The molecule has 1 heterocycles. The predicted molar refractivity (Wildman–Crippen MR) is 79.7 cm³/mol. The van der Waals surface area contributed by atoms with Crippen LogP contribution in [0, 0.1) is 0 Å². The lowest BCUT2D eigenvalue weighted by atomic mass is 9.74. The van der Waals surface area contributed by atoms with Crippen molar-refractivity contribution in [1.29, 1.82) is 0 Å². The molecule has 0 aliphatic carbocycles. The van der Waals surface area contributed by atoms with E-state index in [-0.39, 0.29) is 11.0 Å². The largest absolute Gasteiger partial charge is 0.331 e. The molecule has 0 bridgehead atoms. The number of aryl methyl sites for hydroxylation is 1. The molecule has 2 rings (SSSR count). The lowest BCUT2D eigenvalue weighted by Crippen LogP contribution is -2.51. The first-order chi connectivity index (χ1) is 8.14. The number of hydrogen-bond donors (Lipinski definition) is 1. The molecule has 1 aromatic carbocycles. The van der Waals surface area contributed by atoms with Gasteiger partial charge in [-0.15, -0.1) is 0 Å². The van der Waals surface area contributed by atoms with Gasteiger partial charge in [0.05, 0.1) is 11.0 Å². The van der Waals surface area contributed by atoms with Crippen molar-refractivity contribution in [2.45, 2.75) is 38.6 Å². The van der Waals surface area contributed by atoms with E-state index in [9.17, 15) is 0 Å². The van der Waals surface area contributed by atoms with Crippen LogP contribution in [-0.2, 0) is 12.5 Å². The third kappa shape index (κ3) is 1.97. The lowest BCUT2D eigenvalue weighted by Gasteiger charge is -2.37. The van der Waals surface area contributed by atoms with Crippen molar-refractivity contribution in [1.82, 2.24) is 9.55 Å². The Morgan fingerprint density at radius 2 is 1.83 bits per heavy atom. The fraction of sp³-hybridized carbons (Fsp3) is 0.500. The van der Waals surface area contributed by atoms with E-state index in [0.717, 1.165) is 21.3 Å². The normalized spacial score (nSPS) is 13.3. The van der Waals surface area contributed by atoms with Gasteiger partial charge in [0, 0.05) is 22.5 Å². The summed E-state index contributed by atoms with van der Waals surface area (Å²) in [6.45, 7) is 8.37. The molecule has 0 radical (unpaired) electrons. The van der Waals surface area contributed by atoms with Gasteiger partial charge in [0.1, 0.15) is 5.82 Å². The molecule has 0 fully saturated rings. The SMILES string of the molecule is Cn1c(C(C)(C)C(C)(C)N)nc2cc(Br)ccc21. The standard InChI is InChI=1S/C14H20BrN3/c1-13(2,14(3,4)16)12-17-10-8-9(15)6-7-11(10)18(12)5/h6-8H,16H2,1-5H3. The monoisotopic (exact) mass is 309 g/mol. The molecule has 4 heteroatoms. The fourth-order valence-electron chi connectivity index (χ4n) is 2.02. The van der Waals surface area contributed by atoms with Gasteiger partial charge in [-0.3, -0.25) is 0 Å². The van der Waals surface area contributed by atoms with Crippen molar-refractivity contribution in [2.75, 3.05) is 0 Å². The first kappa shape index (κ1) is 13.6. The summed E-state index contributed by atoms with van der Waals surface area (Å²) in [6.07, 6.45) is 0. The highest BCUT2D eigenvalue weighted by atomic mass is 79.9. The first-order valence-electron chi connectivity index (χ1n) is 6.06. The number of nitrogens with zero attached hydrogens (tertiary/aromatic N) is 2. The number of hydrogen-bond acceptors (Lipinski definition) is 2. The van der Waals surface area contributed by atoms with Crippen LogP contribution in [0.25, 0.3) is 11.0 Å². The molecule has 0 unspecified atom stereocenters. The second-order valence-corrected chi connectivity index (χ2v) is 6.89. The molecule has 1 aromatic heterocycles. The van der Waals surface area contributed by atoms with Gasteiger partial charge in [0.15, 0.2) is 0 Å². The summed E-state index contributed by atoms with van der Waals surface area (Å²) < 4.78 is 3.18. The van der Waals surface area contributed by atoms with E-state index in [1.165, 1.54) is 0 Å². The van der Waals surface area contributed by atoms with Crippen LogP contribution in [0.4, 0.5) is 0 Å². The molecule has 0 saturated carbocycles. The van der Waals surface area contributed by atoms with Gasteiger partial charge in [-0.2, -0.15) is 0 Å². The minimum absolute atomic E-state index is 0.201. The van der Waals surface area contributed by atoms with E-state index < -0.39 is 0 Å². The third-order valence-electron chi connectivity index (χ3n) is 4.01. The Balaban J connectivity index is 2.70. The van der Waals surface area contributed by atoms with E-state index in [4.69, 9.17) is 10.7 Å². The quantitative estimate of drug-likeness (QED) is 0.924. The maximum absolute atomic E-state index is 6.30. The number of benzene rings is 1. The maximum atomic E-state index is 6.30. The second-order valence-electron chi connectivity index (χ2n) is 5.97. The van der Waals surface area contributed by atoms with Gasteiger partial charge in [-0.05, 0) is 32.0 Å². The smallest absolute Gasteiger partial charge is 0.117 e. The molecule has 2 aromatic rings. The molecule has 0 amide bonds. The van der Waals surface area contributed by atoms with Gasteiger partial charge in [0.25, 0.3) is 0 Å². The summed E-state index contributed by atoms with van der Waals surface area (Å²) in [7, 11) is 2.05. The number of aromatic nitrogens is 2. The van der Waals surface area contributed by atoms with Crippen LogP contribution < -0.4 is 5.73 Å². The van der Waals surface area contributed by atoms with Crippen LogP contribution in [0.5, 0.6) is 0 Å². The highest BCUT2D eigenvalue weighted by Gasteiger charge is 2.38. The summed E-state index contributed by atoms with van der Waals surface area (Å²) >= 11 is 3.48. The molecule has 98 valence electrons. The Morgan fingerprint density at radius 3 is 2.39 bits per heavy atom. The molecule has 18 heavy (non-hydrogen) atoms. The second kappa shape index (κ2) is 4.07. The van der Waals surface area contributed by atoms with E-state index in [0.29, 0.717) is 0 Å². The summed E-state index contributed by atoms with van der Waals surface area (Å²) in [5.41, 5.74) is 7.90. The number of imidazole rings is 1. The van der Waals surface area contributed by atoms with Gasteiger partial charge in [0.2, 0.25) is 0 Å². The lowest BCUT2D eigenvalue weighted by molar-refractivity contribution is 0.286. The van der Waals surface area contributed by atoms with Crippen LogP contribution in [-0.4, -0.2) is 15.1 Å². The van der Waals surface area contributed by atoms with Crippen molar-refractivity contribution in [3.05, 3.63) is 28.5 Å². The highest BCUT2D eigenvalue weighted by Crippen LogP contribution is 2.34. The highest BCUT2D eigenvalue weighted by molar-refractivity contribution is 9.10. The van der Waals surface area contributed by atoms with Crippen LogP contribution in [0.15, 0.2) is 22.7 Å². The Hall–Kier alpha value is -0.870. The van der Waals surface area contributed by atoms with Crippen LogP contribution in [0.1, 0.15) is 33.5 Å². The Kier molecular flexibility index (Phi) is 3.06. The number of rotatable bonds is 2. The average molecular weight is 310 g/mol. The van der Waals surface area contributed by atoms with Crippen molar-refractivity contribution in [2.24, 2.45) is 12.8 Å². The topological polar surface area (TPSA) is 43.8 Å². The molecule has 0 saturated heterocycles.